The summed E-state index contributed by atoms with van der Waals surface area (Å²) < 4.78 is 5.15. The van der Waals surface area contributed by atoms with Crippen molar-refractivity contribution < 1.29 is 9.53 Å². The second kappa shape index (κ2) is 5.09. The number of hydrogen-bond acceptors (Lipinski definition) is 3. The van der Waals surface area contributed by atoms with Gasteiger partial charge in [-0.2, -0.15) is 5.10 Å². The minimum atomic E-state index is -0.651. The van der Waals surface area contributed by atoms with Gasteiger partial charge in [0.25, 0.3) is 5.91 Å². The maximum absolute atomic E-state index is 12.4. The van der Waals surface area contributed by atoms with Crippen molar-refractivity contribution in [3.8, 4) is 5.75 Å². The van der Waals surface area contributed by atoms with Crippen molar-refractivity contribution in [3.05, 3.63) is 28.8 Å². The number of ether oxygens (including phenoxy) is 1. The molecule has 1 heterocycles. The van der Waals surface area contributed by atoms with Crippen LogP contribution < -0.4 is 4.74 Å². The molecule has 108 valence electrons. The summed E-state index contributed by atoms with van der Waals surface area (Å²) in [5.74, 6) is 0.619. The number of halogens is 1. The lowest BCUT2D eigenvalue weighted by Crippen LogP contribution is -2.37. The Labute approximate surface area is 124 Å². The normalized spacial score (nSPS) is 17.6. The number of methoxy groups -OCH3 is 1. The van der Waals surface area contributed by atoms with Crippen molar-refractivity contribution in [1.29, 1.82) is 0 Å². The molecular weight excluding hydrogens is 276 g/mol. The zero-order valence-electron chi connectivity index (χ0n) is 12.4. The lowest BCUT2D eigenvalue weighted by atomic mass is 9.83. The Morgan fingerprint density at radius 1 is 1.35 bits per heavy atom. The molecule has 0 saturated carbocycles. The van der Waals surface area contributed by atoms with Crippen molar-refractivity contribution in [2.45, 2.75) is 33.7 Å². The molecule has 0 radical (unpaired) electrons. The van der Waals surface area contributed by atoms with Crippen LogP contribution in [0, 0.1) is 5.41 Å². The number of hydrazone groups is 1. The van der Waals surface area contributed by atoms with Crippen LogP contribution in [0.3, 0.4) is 0 Å². The molecule has 0 bridgehead atoms. The summed E-state index contributed by atoms with van der Waals surface area (Å²) in [4.78, 5) is 12.4. The molecule has 1 amide bonds. The van der Waals surface area contributed by atoms with Gasteiger partial charge >= 0.3 is 0 Å². The third kappa shape index (κ3) is 2.29. The number of hydrogen-bond donors (Lipinski definition) is 0. The van der Waals surface area contributed by atoms with E-state index in [2.05, 4.69) is 5.10 Å². The van der Waals surface area contributed by atoms with Crippen LogP contribution in [-0.2, 0) is 4.79 Å². The number of nitrogens with zero attached hydrogens (tertiary/aromatic N) is 2. The fourth-order valence-corrected chi connectivity index (χ4v) is 2.51. The first-order chi connectivity index (χ1) is 9.28. The van der Waals surface area contributed by atoms with Crippen LogP contribution in [0.4, 0.5) is 0 Å². The van der Waals surface area contributed by atoms with Crippen molar-refractivity contribution >= 4 is 23.2 Å². The average Bonchev–Trinajstić information content (AvgIpc) is 2.61. The molecule has 2 rings (SSSR count). The molecule has 4 nitrogen and oxygen atoms in total. The maximum Gasteiger partial charge on any atom is 0.254 e. The van der Waals surface area contributed by atoms with E-state index in [4.69, 9.17) is 16.3 Å². The molecule has 1 aromatic carbocycles. The molecule has 5 heteroatoms. The molecule has 0 unspecified atom stereocenters. The quantitative estimate of drug-likeness (QED) is 0.858. The van der Waals surface area contributed by atoms with Crippen LogP contribution in [-0.4, -0.2) is 29.8 Å². The van der Waals surface area contributed by atoms with E-state index >= 15 is 0 Å². The van der Waals surface area contributed by atoms with E-state index in [1.54, 1.807) is 19.2 Å². The van der Waals surface area contributed by atoms with E-state index in [1.165, 1.54) is 5.01 Å². The molecule has 0 aromatic heterocycles. The van der Waals surface area contributed by atoms with Gasteiger partial charge in [0.15, 0.2) is 0 Å². The number of amides is 1. The molecule has 0 aliphatic carbocycles. The second-order valence-corrected chi connectivity index (χ2v) is 6.07. The summed E-state index contributed by atoms with van der Waals surface area (Å²) in [6.07, 6.45) is 0. The van der Waals surface area contributed by atoms with Crippen molar-refractivity contribution in [2.75, 3.05) is 7.11 Å². The summed E-state index contributed by atoms with van der Waals surface area (Å²) >= 11 is 6.16. The molecule has 1 aromatic rings. The van der Waals surface area contributed by atoms with E-state index < -0.39 is 5.41 Å². The summed E-state index contributed by atoms with van der Waals surface area (Å²) in [7, 11) is 1.57. The topological polar surface area (TPSA) is 41.9 Å². The van der Waals surface area contributed by atoms with Crippen molar-refractivity contribution in [1.82, 2.24) is 5.01 Å². The van der Waals surface area contributed by atoms with Crippen LogP contribution in [0.15, 0.2) is 23.3 Å². The van der Waals surface area contributed by atoms with Crippen LogP contribution >= 0.6 is 11.6 Å². The average molecular weight is 295 g/mol. The van der Waals surface area contributed by atoms with Crippen LogP contribution in [0.1, 0.15) is 33.3 Å². The van der Waals surface area contributed by atoms with Crippen molar-refractivity contribution in [2.24, 2.45) is 10.5 Å². The number of carbonyl (C=O) groups is 1. The minimum absolute atomic E-state index is 0.00874. The Kier molecular flexibility index (Phi) is 3.78. The van der Waals surface area contributed by atoms with Gasteiger partial charge in [-0.3, -0.25) is 4.79 Å². The fourth-order valence-electron chi connectivity index (χ4n) is 2.25. The molecule has 0 N–H and O–H groups in total. The number of rotatable bonds is 3. The molecular formula is C15H19ClN2O2. The highest BCUT2D eigenvalue weighted by atomic mass is 35.5. The third-order valence-corrected chi connectivity index (χ3v) is 3.75. The first-order valence-electron chi connectivity index (χ1n) is 6.55. The smallest absolute Gasteiger partial charge is 0.254 e. The standard InChI is InChI=1S/C15H19ClN2O2/c1-9(2)18-14(19)15(3,4)13(17-18)10-6-7-12(20-5)11(16)8-10/h6-9H,1-5H3. The first kappa shape index (κ1) is 14.9. The van der Waals surface area contributed by atoms with E-state index in [-0.39, 0.29) is 11.9 Å². The van der Waals surface area contributed by atoms with Gasteiger partial charge in [0, 0.05) is 11.6 Å². The highest BCUT2D eigenvalue weighted by molar-refractivity contribution is 6.32. The number of benzene rings is 1. The van der Waals surface area contributed by atoms with Gasteiger partial charge in [-0.25, -0.2) is 5.01 Å². The van der Waals surface area contributed by atoms with Gasteiger partial charge < -0.3 is 4.74 Å². The van der Waals surface area contributed by atoms with Crippen LogP contribution in [0.25, 0.3) is 0 Å². The van der Waals surface area contributed by atoms with E-state index in [0.29, 0.717) is 10.8 Å². The van der Waals surface area contributed by atoms with Gasteiger partial charge in [-0.05, 0) is 45.9 Å². The molecule has 0 spiro atoms. The lowest BCUT2D eigenvalue weighted by Gasteiger charge is -2.21. The van der Waals surface area contributed by atoms with E-state index in [1.807, 2.05) is 33.8 Å². The van der Waals surface area contributed by atoms with Crippen molar-refractivity contribution in [3.63, 3.8) is 0 Å². The molecule has 0 atom stereocenters. The zero-order chi connectivity index (χ0) is 15.1. The van der Waals surface area contributed by atoms with E-state index in [9.17, 15) is 4.79 Å². The van der Waals surface area contributed by atoms with Gasteiger partial charge in [0.1, 0.15) is 5.75 Å². The van der Waals surface area contributed by atoms with Gasteiger partial charge in [-0.1, -0.05) is 11.6 Å². The Morgan fingerprint density at radius 3 is 2.45 bits per heavy atom. The molecule has 20 heavy (non-hydrogen) atoms. The Balaban J connectivity index is 2.48. The summed E-state index contributed by atoms with van der Waals surface area (Å²) in [6.45, 7) is 7.66. The Morgan fingerprint density at radius 2 is 2.00 bits per heavy atom. The summed E-state index contributed by atoms with van der Waals surface area (Å²) in [5, 5.41) is 6.54. The zero-order valence-corrected chi connectivity index (χ0v) is 13.2. The first-order valence-corrected chi connectivity index (χ1v) is 6.93. The highest BCUT2D eigenvalue weighted by Crippen LogP contribution is 2.35. The molecule has 0 saturated heterocycles. The predicted octanol–water partition coefficient (Wildman–Crippen LogP) is 3.33. The monoisotopic (exact) mass is 294 g/mol. The van der Waals surface area contributed by atoms with Crippen LogP contribution in [0.5, 0.6) is 5.75 Å². The SMILES string of the molecule is COc1ccc(C2=NN(C(C)C)C(=O)C2(C)C)cc1Cl. The molecule has 1 aliphatic rings. The van der Waals surface area contributed by atoms with Gasteiger partial charge in [-0.15, -0.1) is 0 Å². The lowest BCUT2D eigenvalue weighted by molar-refractivity contribution is -0.136. The third-order valence-electron chi connectivity index (χ3n) is 3.46. The van der Waals surface area contributed by atoms with Gasteiger partial charge in [0.05, 0.1) is 23.3 Å². The van der Waals surface area contributed by atoms with E-state index in [0.717, 1.165) is 11.3 Å². The highest BCUT2D eigenvalue weighted by Gasteiger charge is 2.44. The largest absolute Gasteiger partial charge is 0.495 e. The summed E-state index contributed by atoms with van der Waals surface area (Å²) in [6, 6.07) is 5.49. The Hall–Kier alpha value is -1.55. The second-order valence-electron chi connectivity index (χ2n) is 5.67. The van der Waals surface area contributed by atoms with Gasteiger partial charge in [0.2, 0.25) is 0 Å². The minimum Gasteiger partial charge on any atom is -0.495 e. The van der Waals surface area contributed by atoms with Crippen LogP contribution in [0.2, 0.25) is 5.02 Å². The predicted molar refractivity (Wildman–Crippen MR) is 80.3 cm³/mol. The molecule has 0 fully saturated rings. The molecule has 1 aliphatic heterocycles. The summed E-state index contributed by atoms with van der Waals surface area (Å²) in [5.41, 5.74) is 0.931. The number of carbonyl (C=O) groups excluding carboxylic acids is 1. The fraction of sp³-hybridized carbons (Fsp3) is 0.467. The maximum atomic E-state index is 12.4. The Bertz CT molecular complexity index is 579.